The first-order valence-electron chi connectivity index (χ1n) is 5.19. The van der Waals surface area contributed by atoms with Gasteiger partial charge in [0, 0.05) is 13.0 Å². The molecule has 0 bridgehead atoms. The summed E-state index contributed by atoms with van der Waals surface area (Å²) in [7, 11) is 0. The van der Waals surface area contributed by atoms with Gasteiger partial charge in [-0.05, 0) is 24.5 Å². The highest BCUT2D eigenvalue weighted by molar-refractivity contribution is 5.69. The van der Waals surface area contributed by atoms with Gasteiger partial charge in [0.05, 0.1) is 6.61 Å². The van der Waals surface area contributed by atoms with Crippen LogP contribution in [0.4, 0.5) is 0 Å². The van der Waals surface area contributed by atoms with Gasteiger partial charge in [0.25, 0.3) is 0 Å². The van der Waals surface area contributed by atoms with E-state index in [-0.39, 0.29) is 5.97 Å². The first-order valence-corrected chi connectivity index (χ1v) is 5.19. The van der Waals surface area contributed by atoms with E-state index in [4.69, 9.17) is 10.5 Å². The highest BCUT2D eigenvalue weighted by atomic mass is 16.5. The fourth-order valence-corrected chi connectivity index (χ4v) is 1.32. The molecule has 0 heterocycles. The molecule has 1 rings (SSSR count). The van der Waals surface area contributed by atoms with E-state index in [0.717, 1.165) is 17.5 Å². The zero-order valence-electron chi connectivity index (χ0n) is 9.03. The van der Waals surface area contributed by atoms with Crippen LogP contribution in [0.2, 0.25) is 0 Å². The zero-order chi connectivity index (χ0) is 11.1. The van der Waals surface area contributed by atoms with Crippen molar-refractivity contribution in [1.82, 2.24) is 0 Å². The molecule has 0 saturated heterocycles. The summed E-state index contributed by atoms with van der Waals surface area (Å²) in [4.78, 5) is 11.1. The van der Waals surface area contributed by atoms with Crippen molar-refractivity contribution in [3.8, 4) is 0 Å². The maximum absolute atomic E-state index is 11.1. The lowest BCUT2D eigenvalue weighted by Gasteiger charge is -2.03. The van der Waals surface area contributed by atoms with E-state index in [2.05, 4.69) is 0 Å². The Morgan fingerprint density at radius 3 is 2.40 bits per heavy atom. The molecule has 0 aliphatic heterocycles. The van der Waals surface area contributed by atoms with Gasteiger partial charge in [0.15, 0.2) is 0 Å². The Labute approximate surface area is 90.2 Å². The minimum Gasteiger partial charge on any atom is -0.466 e. The molecule has 0 radical (unpaired) electrons. The van der Waals surface area contributed by atoms with Crippen molar-refractivity contribution in [1.29, 1.82) is 0 Å². The molecule has 0 fully saturated rings. The van der Waals surface area contributed by atoms with E-state index in [1.165, 1.54) is 0 Å². The van der Waals surface area contributed by atoms with Crippen LogP contribution in [-0.2, 0) is 22.5 Å². The fraction of sp³-hybridized carbons (Fsp3) is 0.417. The summed E-state index contributed by atoms with van der Waals surface area (Å²) >= 11 is 0. The molecule has 2 N–H and O–H groups in total. The molecule has 0 aliphatic carbocycles. The van der Waals surface area contributed by atoms with Crippen LogP contribution < -0.4 is 5.73 Å². The molecule has 15 heavy (non-hydrogen) atoms. The predicted octanol–water partition coefficient (Wildman–Crippen LogP) is 1.64. The molecule has 0 amide bonds. The van der Waals surface area contributed by atoms with Gasteiger partial charge >= 0.3 is 5.97 Å². The average Bonchev–Trinajstić information content (AvgIpc) is 2.27. The molecule has 0 atom stereocenters. The van der Waals surface area contributed by atoms with E-state index < -0.39 is 0 Å². The van der Waals surface area contributed by atoms with Crippen LogP contribution >= 0.6 is 0 Å². The lowest BCUT2D eigenvalue weighted by atomic mass is 10.1. The Morgan fingerprint density at radius 2 is 1.87 bits per heavy atom. The number of ether oxygens (including phenoxy) is 1. The summed E-state index contributed by atoms with van der Waals surface area (Å²) in [5.74, 6) is -0.139. The minimum absolute atomic E-state index is 0.139. The van der Waals surface area contributed by atoms with Crippen molar-refractivity contribution in [2.24, 2.45) is 5.73 Å². The normalized spacial score (nSPS) is 10.0. The van der Waals surface area contributed by atoms with Crippen LogP contribution in [0, 0.1) is 0 Å². The van der Waals surface area contributed by atoms with E-state index in [1.54, 1.807) is 0 Å². The summed E-state index contributed by atoms with van der Waals surface area (Å²) in [5.41, 5.74) is 7.73. The second kappa shape index (κ2) is 6.19. The van der Waals surface area contributed by atoms with E-state index in [1.807, 2.05) is 31.2 Å². The lowest BCUT2D eigenvalue weighted by molar-refractivity contribution is -0.143. The van der Waals surface area contributed by atoms with Gasteiger partial charge in [-0.15, -0.1) is 0 Å². The molecule has 3 heteroatoms. The Balaban J connectivity index is 2.40. The van der Waals surface area contributed by atoms with E-state index in [9.17, 15) is 4.79 Å². The van der Waals surface area contributed by atoms with Crippen LogP contribution in [0.15, 0.2) is 24.3 Å². The van der Waals surface area contributed by atoms with Gasteiger partial charge in [-0.25, -0.2) is 0 Å². The van der Waals surface area contributed by atoms with E-state index >= 15 is 0 Å². The topological polar surface area (TPSA) is 52.3 Å². The molecule has 0 aromatic heterocycles. The minimum atomic E-state index is -0.139. The molecular weight excluding hydrogens is 190 g/mol. The largest absolute Gasteiger partial charge is 0.466 e. The van der Waals surface area contributed by atoms with Gasteiger partial charge in [-0.1, -0.05) is 24.3 Å². The van der Waals surface area contributed by atoms with Gasteiger partial charge < -0.3 is 10.5 Å². The fourth-order valence-electron chi connectivity index (χ4n) is 1.32. The number of aryl methyl sites for hydroxylation is 1. The van der Waals surface area contributed by atoms with Crippen molar-refractivity contribution < 1.29 is 9.53 Å². The summed E-state index contributed by atoms with van der Waals surface area (Å²) in [6.45, 7) is 2.82. The number of rotatable bonds is 5. The molecule has 0 aliphatic rings. The maximum atomic E-state index is 11.1. The van der Waals surface area contributed by atoms with Gasteiger partial charge in [-0.3, -0.25) is 4.79 Å². The van der Waals surface area contributed by atoms with Crippen LogP contribution in [0.3, 0.4) is 0 Å². The van der Waals surface area contributed by atoms with Crippen molar-refractivity contribution in [2.45, 2.75) is 26.3 Å². The molecule has 0 unspecified atom stereocenters. The Bertz CT molecular complexity index is 306. The standard InChI is InChI=1S/C12H17NO2/c1-2-15-12(14)8-7-10-3-5-11(9-13)6-4-10/h3-6H,2,7-9,13H2,1H3. The molecule has 3 nitrogen and oxygen atoms in total. The molecule has 82 valence electrons. The summed E-state index contributed by atoms with van der Waals surface area (Å²) in [6.07, 6.45) is 1.17. The molecular formula is C12H17NO2. The highest BCUT2D eigenvalue weighted by Gasteiger charge is 2.02. The first kappa shape index (κ1) is 11.7. The molecule has 1 aromatic carbocycles. The number of nitrogens with two attached hydrogens (primary N) is 1. The predicted molar refractivity (Wildman–Crippen MR) is 59.3 cm³/mol. The maximum Gasteiger partial charge on any atom is 0.306 e. The van der Waals surface area contributed by atoms with Gasteiger partial charge in [-0.2, -0.15) is 0 Å². The second-order valence-corrected chi connectivity index (χ2v) is 3.33. The number of esters is 1. The molecule has 0 spiro atoms. The third-order valence-corrected chi connectivity index (χ3v) is 2.18. The summed E-state index contributed by atoms with van der Waals surface area (Å²) in [5, 5.41) is 0. The van der Waals surface area contributed by atoms with Gasteiger partial charge in [0.2, 0.25) is 0 Å². The van der Waals surface area contributed by atoms with Crippen LogP contribution in [0.5, 0.6) is 0 Å². The molecule has 1 aromatic rings. The Morgan fingerprint density at radius 1 is 1.27 bits per heavy atom. The molecule has 0 saturated carbocycles. The number of hydrogen-bond acceptors (Lipinski definition) is 3. The van der Waals surface area contributed by atoms with E-state index in [0.29, 0.717) is 19.6 Å². The summed E-state index contributed by atoms with van der Waals surface area (Å²) in [6, 6.07) is 7.98. The number of carbonyl (C=O) groups is 1. The Hall–Kier alpha value is -1.35. The monoisotopic (exact) mass is 207 g/mol. The van der Waals surface area contributed by atoms with Crippen LogP contribution in [0.1, 0.15) is 24.5 Å². The average molecular weight is 207 g/mol. The van der Waals surface area contributed by atoms with Crippen LogP contribution in [-0.4, -0.2) is 12.6 Å². The second-order valence-electron chi connectivity index (χ2n) is 3.33. The zero-order valence-corrected chi connectivity index (χ0v) is 9.03. The Kier molecular flexibility index (Phi) is 4.84. The van der Waals surface area contributed by atoms with Crippen molar-refractivity contribution in [3.63, 3.8) is 0 Å². The van der Waals surface area contributed by atoms with Crippen molar-refractivity contribution in [3.05, 3.63) is 35.4 Å². The third-order valence-electron chi connectivity index (χ3n) is 2.18. The number of hydrogen-bond donors (Lipinski definition) is 1. The van der Waals surface area contributed by atoms with Crippen molar-refractivity contribution in [2.75, 3.05) is 6.61 Å². The first-order chi connectivity index (χ1) is 7.26. The third kappa shape index (κ3) is 4.13. The lowest BCUT2D eigenvalue weighted by Crippen LogP contribution is -2.05. The number of benzene rings is 1. The van der Waals surface area contributed by atoms with Crippen molar-refractivity contribution >= 4 is 5.97 Å². The highest BCUT2D eigenvalue weighted by Crippen LogP contribution is 2.06. The smallest absolute Gasteiger partial charge is 0.306 e. The van der Waals surface area contributed by atoms with Crippen LogP contribution in [0.25, 0.3) is 0 Å². The SMILES string of the molecule is CCOC(=O)CCc1ccc(CN)cc1. The van der Waals surface area contributed by atoms with Gasteiger partial charge in [0.1, 0.15) is 0 Å². The quantitative estimate of drug-likeness (QED) is 0.747. The summed E-state index contributed by atoms with van der Waals surface area (Å²) < 4.78 is 4.85. The number of carbonyl (C=O) groups excluding carboxylic acids is 1.